The van der Waals surface area contributed by atoms with Crippen LogP contribution in [0.25, 0.3) is 6.08 Å². The summed E-state index contributed by atoms with van der Waals surface area (Å²) in [5.41, 5.74) is 5.38. The van der Waals surface area contributed by atoms with Crippen molar-refractivity contribution in [2.24, 2.45) is 11.1 Å². The molecule has 0 amide bonds. The van der Waals surface area contributed by atoms with Crippen molar-refractivity contribution in [2.75, 3.05) is 50.6 Å². The molecule has 3 heterocycles. The Kier molecular flexibility index (Phi) is 8.02. The highest BCUT2D eigenvalue weighted by Crippen LogP contribution is 2.36. The lowest BCUT2D eigenvalue weighted by Gasteiger charge is -2.36. The van der Waals surface area contributed by atoms with Crippen LogP contribution in [-0.4, -0.2) is 75.9 Å². The summed E-state index contributed by atoms with van der Waals surface area (Å²) in [7, 11) is -3.71. The Labute approximate surface area is 246 Å². The molecule has 42 heavy (non-hydrogen) atoms. The Hall–Kier alpha value is -3.73. The number of aryl methyl sites for hydroxylation is 1. The number of benzene rings is 3. The molecule has 1 fully saturated rings. The first-order chi connectivity index (χ1) is 20.2. The summed E-state index contributed by atoms with van der Waals surface area (Å²) in [6.07, 6.45) is 2.01. The number of sulfonamides is 1. The molecule has 10 heteroatoms. The van der Waals surface area contributed by atoms with Crippen LogP contribution in [0.4, 0.5) is 10.1 Å². The maximum Gasteiger partial charge on any atom is 0.261 e. The van der Waals surface area contributed by atoms with Gasteiger partial charge >= 0.3 is 0 Å². The average molecular weight is 591 g/mol. The molecular weight excluding hydrogens is 555 g/mol. The van der Waals surface area contributed by atoms with E-state index in [2.05, 4.69) is 32.7 Å². The van der Waals surface area contributed by atoms with E-state index in [0.29, 0.717) is 18.0 Å². The van der Waals surface area contributed by atoms with Crippen LogP contribution in [0.3, 0.4) is 0 Å². The first-order valence-electron chi connectivity index (χ1n) is 14.2. The van der Waals surface area contributed by atoms with Gasteiger partial charge in [0.1, 0.15) is 23.9 Å². The molecule has 3 aromatic carbocycles. The van der Waals surface area contributed by atoms with E-state index >= 15 is 0 Å². The highest BCUT2D eigenvalue weighted by atomic mass is 32.2. The van der Waals surface area contributed by atoms with Gasteiger partial charge < -0.3 is 9.57 Å². The zero-order chi connectivity index (χ0) is 29.3. The molecule has 1 saturated heterocycles. The molecule has 6 rings (SSSR count). The lowest BCUT2D eigenvalue weighted by atomic mass is 9.90. The van der Waals surface area contributed by atoms with Gasteiger partial charge in [-0.1, -0.05) is 46.6 Å². The number of piperazine rings is 1. The van der Waals surface area contributed by atoms with Crippen molar-refractivity contribution in [3.8, 4) is 5.75 Å². The zero-order valence-corrected chi connectivity index (χ0v) is 24.6. The standard InChI is InChI=1S/C32H35FN4O4S/c1-22-3-10-27(11-4-22)42(38,39)35-26-9-12-28-30(18-26)40-21-29-31(41-34-32(28)29)20-37-15-13-36(14-16-37)19-23(2)17-24-5-7-25(33)8-6-24/h3-12,17-18,29,31,35H,13-16,19-21H2,1-2H3/b23-17+. The molecular formula is C32H35FN4O4S. The molecule has 1 N–H and O–H groups in total. The number of hydrogen-bond acceptors (Lipinski definition) is 7. The summed E-state index contributed by atoms with van der Waals surface area (Å²) in [5, 5.41) is 4.44. The summed E-state index contributed by atoms with van der Waals surface area (Å²) >= 11 is 0. The fourth-order valence-corrected chi connectivity index (χ4v) is 6.74. The fourth-order valence-electron chi connectivity index (χ4n) is 5.69. The van der Waals surface area contributed by atoms with Crippen LogP contribution >= 0.6 is 0 Å². The molecule has 2 unspecified atom stereocenters. The molecule has 0 bridgehead atoms. The number of nitrogens with one attached hydrogen (secondary N) is 1. The summed E-state index contributed by atoms with van der Waals surface area (Å²) in [6.45, 7) is 9.90. The van der Waals surface area contributed by atoms with Gasteiger partial charge in [0.15, 0.2) is 6.10 Å². The second-order valence-corrected chi connectivity index (χ2v) is 13.0. The second-order valence-electron chi connectivity index (χ2n) is 11.3. The molecule has 220 valence electrons. The molecule has 0 spiro atoms. The highest BCUT2D eigenvalue weighted by molar-refractivity contribution is 7.92. The van der Waals surface area contributed by atoms with Crippen molar-refractivity contribution in [1.29, 1.82) is 0 Å². The molecule has 3 aliphatic rings. The topological polar surface area (TPSA) is 83.5 Å². The van der Waals surface area contributed by atoms with Crippen molar-refractivity contribution in [1.82, 2.24) is 9.80 Å². The van der Waals surface area contributed by atoms with E-state index in [1.807, 2.05) is 13.0 Å². The van der Waals surface area contributed by atoms with Crippen LogP contribution < -0.4 is 9.46 Å². The molecule has 2 atom stereocenters. The maximum atomic E-state index is 13.2. The molecule has 0 aliphatic carbocycles. The molecule has 3 aromatic rings. The summed E-state index contributed by atoms with van der Waals surface area (Å²) < 4.78 is 47.6. The van der Waals surface area contributed by atoms with Gasteiger partial charge in [-0.15, -0.1) is 0 Å². The lowest BCUT2D eigenvalue weighted by Crippen LogP contribution is -2.50. The lowest BCUT2D eigenvalue weighted by molar-refractivity contribution is 0.0101. The van der Waals surface area contributed by atoms with E-state index in [9.17, 15) is 12.8 Å². The Morgan fingerprint density at radius 1 is 1.02 bits per heavy atom. The predicted molar refractivity (Wildman–Crippen MR) is 162 cm³/mol. The number of anilines is 1. The number of ether oxygens (including phenoxy) is 1. The average Bonchev–Trinajstić information content (AvgIpc) is 3.38. The number of oxime groups is 1. The van der Waals surface area contributed by atoms with Crippen LogP contribution in [0.2, 0.25) is 0 Å². The largest absolute Gasteiger partial charge is 0.492 e. The number of halogens is 1. The zero-order valence-electron chi connectivity index (χ0n) is 23.8. The van der Waals surface area contributed by atoms with Gasteiger partial charge in [0.25, 0.3) is 10.0 Å². The van der Waals surface area contributed by atoms with Crippen molar-refractivity contribution < 1.29 is 22.4 Å². The van der Waals surface area contributed by atoms with Gasteiger partial charge in [-0.05, 0) is 55.8 Å². The summed E-state index contributed by atoms with van der Waals surface area (Å²) in [5.74, 6) is 0.393. The van der Waals surface area contributed by atoms with E-state index in [-0.39, 0.29) is 22.7 Å². The van der Waals surface area contributed by atoms with E-state index in [1.165, 1.54) is 17.7 Å². The Balaban J connectivity index is 1.02. The normalized spacial score (nSPS) is 21.1. The number of fused-ring (bicyclic) bond motifs is 3. The SMILES string of the molecule is C/C(=C\c1ccc(F)cc1)CN1CCN(CC2ON=C3c4ccc(NS(=O)(=O)c5ccc(C)cc5)cc4OCC32)CC1. The van der Waals surface area contributed by atoms with Gasteiger partial charge in [0.2, 0.25) is 0 Å². The van der Waals surface area contributed by atoms with Crippen LogP contribution in [0.1, 0.15) is 23.6 Å². The van der Waals surface area contributed by atoms with Gasteiger partial charge in [-0.3, -0.25) is 14.5 Å². The van der Waals surface area contributed by atoms with Crippen molar-refractivity contribution >= 4 is 27.5 Å². The minimum atomic E-state index is -3.71. The van der Waals surface area contributed by atoms with E-state index < -0.39 is 10.0 Å². The predicted octanol–water partition coefficient (Wildman–Crippen LogP) is 4.77. The van der Waals surface area contributed by atoms with Gasteiger partial charge in [-0.25, -0.2) is 12.8 Å². The minimum Gasteiger partial charge on any atom is -0.492 e. The summed E-state index contributed by atoms with van der Waals surface area (Å²) in [6, 6.07) is 18.6. The quantitative estimate of drug-likeness (QED) is 0.407. The van der Waals surface area contributed by atoms with Gasteiger partial charge in [-0.2, -0.15) is 0 Å². The molecule has 0 radical (unpaired) electrons. The summed E-state index contributed by atoms with van der Waals surface area (Å²) in [4.78, 5) is 11.0. The van der Waals surface area contributed by atoms with E-state index in [0.717, 1.165) is 61.7 Å². The third-order valence-electron chi connectivity index (χ3n) is 8.01. The maximum absolute atomic E-state index is 13.2. The van der Waals surface area contributed by atoms with Crippen LogP contribution in [0, 0.1) is 18.7 Å². The van der Waals surface area contributed by atoms with Gasteiger partial charge in [0.05, 0.1) is 16.5 Å². The highest BCUT2D eigenvalue weighted by Gasteiger charge is 2.41. The third kappa shape index (κ3) is 6.35. The Morgan fingerprint density at radius 2 is 1.74 bits per heavy atom. The Bertz CT molecular complexity index is 1600. The first kappa shape index (κ1) is 28.4. The number of hydrogen-bond donors (Lipinski definition) is 1. The van der Waals surface area contributed by atoms with Crippen molar-refractivity contribution in [3.05, 3.63) is 94.8 Å². The smallest absolute Gasteiger partial charge is 0.261 e. The van der Waals surface area contributed by atoms with E-state index in [1.54, 1.807) is 48.5 Å². The van der Waals surface area contributed by atoms with Gasteiger partial charge in [0, 0.05) is 50.9 Å². The molecule has 8 nitrogen and oxygen atoms in total. The number of nitrogens with zero attached hydrogens (tertiary/aromatic N) is 3. The van der Waals surface area contributed by atoms with Crippen LogP contribution in [0.15, 0.2) is 82.4 Å². The third-order valence-corrected chi connectivity index (χ3v) is 9.40. The Morgan fingerprint density at radius 3 is 2.48 bits per heavy atom. The molecule has 3 aliphatic heterocycles. The molecule has 0 saturated carbocycles. The second kappa shape index (κ2) is 11.9. The van der Waals surface area contributed by atoms with E-state index in [4.69, 9.17) is 9.57 Å². The monoisotopic (exact) mass is 590 g/mol. The van der Waals surface area contributed by atoms with Crippen molar-refractivity contribution in [3.63, 3.8) is 0 Å². The first-order valence-corrected chi connectivity index (χ1v) is 15.7. The van der Waals surface area contributed by atoms with Crippen LogP contribution in [0.5, 0.6) is 5.75 Å². The molecule has 0 aromatic heterocycles. The number of rotatable bonds is 8. The fraction of sp³-hybridized carbons (Fsp3) is 0.344. The van der Waals surface area contributed by atoms with Crippen molar-refractivity contribution in [2.45, 2.75) is 24.8 Å². The minimum absolute atomic E-state index is 0.0199. The van der Waals surface area contributed by atoms with Crippen LogP contribution in [-0.2, 0) is 14.9 Å².